The summed E-state index contributed by atoms with van der Waals surface area (Å²) in [5, 5.41) is -0.134. The van der Waals surface area contributed by atoms with Crippen molar-refractivity contribution in [3.8, 4) is 11.5 Å². The first-order valence-corrected chi connectivity index (χ1v) is 7.53. The van der Waals surface area contributed by atoms with E-state index < -0.39 is 0 Å². The fourth-order valence-electron chi connectivity index (χ4n) is 2.39. The second kappa shape index (κ2) is 6.22. The zero-order chi connectivity index (χ0) is 14.7. The number of ether oxygens (including phenoxy) is 1. The average Bonchev–Trinajstić information content (AvgIpc) is 2.82. The number of rotatable bonds is 4. The molecule has 1 aliphatic heterocycles. The lowest BCUT2D eigenvalue weighted by Gasteiger charge is -2.16. The third-order valence-electron chi connectivity index (χ3n) is 3.54. The van der Waals surface area contributed by atoms with Crippen LogP contribution in [0.4, 0.5) is 0 Å². The normalized spacial score (nSPS) is 18.0. The first kappa shape index (κ1) is 14.0. The van der Waals surface area contributed by atoms with Crippen molar-refractivity contribution in [1.82, 2.24) is 4.90 Å². The summed E-state index contributed by atoms with van der Waals surface area (Å²) in [6.07, 6.45) is 0.831. The summed E-state index contributed by atoms with van der Waals surface area (Å²) < 4.78 is 5.75. The third-order valence-corrected chi connectivity index (χ3v) is 4.02. The predicted octanol–water partition coefficient (Wildman–Crippen LogP) is 3.51. The molecule has 0 saturated carbocycles. The summed E-state index contributed by atoms with van der Waals surface area (Å²) in [4.78, 5) is 13.7. The van der Waals surface area contributed by atoms with Crippen LogP contribution < -0.4 is 4.74 Å². The van der Waals surface area contributed by atoms with Crippen molar-refractivity contribution < 1.29 is 9.53 Å². The molecule has 0 aromatic heterocycles. The van der Waals surface area contributed by atoms with Gasteiger partial charge in [0.05, 0.1) is 5.25 Å². The fourth-order valence-corrected chi connectivity index (χ4v) is 2.67. The van der Waals surface area contributed by atoms with Gasteiger partial charge < -0.3 is 9.64 Å². The molecule has 3 nitrogen and oxygen atoms in total. The van der Waals surface area contributed by atoms with E-state index >= 15 is 0 Å². The summed E-state index contributed by atoms with van der Waals surface area (Å²) in [7, 11) is 0. The second-order valence-corrected chi connectivity index (χ2v) is 5.75. The molecule has 1 unspecified atom stereocenters. The zero-order valence-electron chi connectivity index (χ0n) is 11.6. The van der Waals surface area contributed by atoms with Crippen molar-refractivity contribution in [2.75, 3.05) is 6.54 Å². The van der Waals surface area contributed by atoms with Gasteiger partial charge in [0.25, 0.3) is 0 Å². The van der Waals surface area contributed by atoms with E-state index in [0.717, 1.165) is 30.0 Å². The van der Waals surface area contributed by atoms with Gasteiger partial charge in [-0.05, 0) is 36.2 Å². The molecule has 1 fully saturated rings. The molecule has 1 heterocycles. The van der Waals surface area contributed by atoms with E-state index in [1.807, 2.05) is 59.5 Å². The quantitative estimate of drug-likeness (QED) is 0.876. The van der Waals surface area contributed by atoms with Crippen LogP contribution >= 0.6 is 12.6 Å². The molecule has 2 aromatic carbocycles. The first-order valence-electron chi connectivity index (χ1n) is 7.01. The Bertz CT molecular complexity index is 612. The van der Waals surface area contributed by atoms with Crippen molar-refractivity contribution in [2.45, 2.75) is 18.2 Å². The molecular formula is C17H17NO2S. The SMILES string of the molecule is O=C1C(S)CCN1Cc1ccc(Oc2ccccc2)cc1. The minimum absolute atomic E-state index is 0.128. The van der Waals surface area contributed by atoms with Crippen molar-refractivity contribution in [1.29, 1.82) is 0 Å². The molecular weight excluding hydrogens is 282 g/mol. The van der Waals surface area contributed by atoms with Crippen molar-refractivity contribution in [3.05, 3.63) is 60.2 Å². The Hall–Kier alpha value is -1.94. The molecule has 0 aliphatic carbocycles. The Morgan fingerprint density at radius 1 is 1.05 bits per heavy atom. The van der Waals surface area contributed by atoms with Crippen molar-refractivity contribution in [3.63, 3.8) is 0 Å². The van der Waals surface area contributed by atoms with Gasteiger partial charge in [-0.3, -0.25) is 4.79 Å². The molecule has 1 atom stereocenters. The summed E-state index contributed by atoms with van der Waals surface area (Å²) in [6, 6.07) is 17.5. The van der Waals surface area contributed by atoms with Gasteiger partial charge >= 0.3 is 0 Å². The number of thiol groups is 1. The summed E-state index contributed by atoms with van der Waals surface area (Å²) in [6.45, 7) is 1.43. The van der Waals surface area contributed by atoms with Crippen LogP contribution in [0.15, 0.2) is 54.6 Å². The zero-order valence-corrected chi connectivity index (χ0v) is 12.5. The Morgan fingerprint density at radius 2 is 1.71 bits per heavy atom. The van der Waals surface area contributed by atoms with Crippen molar-refractivity contribution in [2.24, 2.45) is 0 Å². The molecule has 0 bridgehead atoms. The van der Waals surface area contributed by atoms with Gasteiger partial charge in [0.1, 0.15) is 11.5 Å². The maximum atomic E-state index is 11.8. The average molecular weight is 299 g/mol. The van der Waals surface area contributed by atoms with E-state index in [4.69, 9.17) is 4.74 Å². The summed E-state index contributed by atoms with van der Waals surface area (Å²) >= 11 is 4.27. The van der Waals surface area contributed by atoms with Gasteiger partial charge in [-0.2, -0.15) is 12.6 Å². The summed E-state index contributed by atoms with van der Waals surface area (Å²) in [5.41, 5.74) is 1.10. The van der Waals surface area contributed by atoms with E-state index in [1.165, 1.54) is 0 Å². The number of hydrogen-bond donors (Lipinski definition) is 1. The van der Waals surface area contributed by atoms with Gasteiger partial charge in [-0.15, -0.1) is 0 Å². The molecule has 4 heteroatoms. The third kappa shape index (κ3) is 3.39. The minimum atomic E-state index is -0.134. The lowest BCUT2D eigenvalue weighted by atomic mass is 10.2. The van der Waals surface area contributed by atoms with Crippen LogP contribution in [0.25, 0.3) is 0 Å². The molecule has 0 radical (unpaired) electrons. The van der Waals surface area contributed by atoms with Crippen LogP contribution in [0.2, 0.25) is 0 Å². The highest BCUT2D eigenvalue weighted by atomic mass is 32.1. The minimum Gasteiger partial charge on any atom is -0.457 e. The Kier molecular flexibility index (Phi) is 4.15. The highest BCUT2D eigenvalue weighted by Gasteiger charge is 2.28. The van der Waals surface area contributed by atoms with Crippen molar-refractivity contribution >= 4 is 18.5 Å². The Balaban J connectivity index is 1.63. The number of likely N-dealkylation sites (tertiary alicyclic amines) is 1. The van der Waals surface area contributed by atoms with E-state index in [0.29, 0.717) is 6.54 Å². The maximum absolute atomic E-state index is 11.8. The lowest BCUT2D eigenvalue weighted by Crippen LogP contribution is -2.27. The van der Waals surface area contributed by atoms with E-state index in [9.17, 15) is 4.79 Å². The van der Waals surface area contributed by atoms with Gasteiger partial charge in [0.15, 0.2) is 0 Å². The topological polar surface area (TPSA) is 29.5 Å². The molecule has 1 saturated heterocycles. The Labute approximate surface area is 129 Å². The monoisotopic (exact) mass is 299 g/mol. The van der Waals surface area contributed by atoms with E-state index in [2.05, 4.69) is 12.6 Å². The Morgan fingerprint density at radius 3 is 2.33 bits per heavy atom. The van der Waals surface area contributed by atoms with Gasteiger partial charge in [-0.1, -0.05) is 30.3 Å². The molecule has 2 aromatic rings. The second-order valence-electron chi connectivity index (χ2n) is 5.12. The van der Waals surface area contributed by atoms with Crippen LogP contribution in [0.3, 0.4) is 0 Å². The highest BCUT2D eigenvalue weighted by Crippen LogP contribution is 2.23. The smallest absolute Gasteiger partial charge is 0.235 e. The number of amides is 1. The molecule has 3 rings (SSSR count). The predicted molar refractivity (Wildman–Crippen MR) is 85.8 cm³/mol. The van der Waals surface area contributed by atoms with Crippen LogP contribution in [0.5, 0.6) is 11.5 Å². The molecule has 108 valence electrons. The van der Waals surface area contributed by atoms with Gasteiger partial charge in [0.2, 0.25) is 5.91 Å². The lowest BCUT2D eigenvalue weighted by molar-refractivity contribution is -0.127. The molecule has 1 amide bonds. The van der Waals surface area contributed by atoms with Crippen LogP contribution in [0.1, 0.15) is 12.0 Å². The van der Waals surface area contributed by atoms with Crippen LogP contribution in [-0.2, 0) is 11.3 Å². The number of nitrogens with zero attached hydrogens (tertiary/aromatic N) is 1. The first-order chi connectivity index (χ1) is 10.2. The highest BCUT2D eigenvalue weighted by molar-refractivity contribution is 7.81. The van der Waals surface area contributed by atoms with E-state index in [1.54, 1.807) is 0 Å². The number of carbonyl (C=O) groups excluding carboxylic acids is 1. The maximum Gasteiger partial charge on any atom is 0.235 e. The molecule has 0 spiro atoms. The van der Waals surface area contributed by atoms with Gasteiger partial charge in [0, 0.05) is 13.1 Å². The van der Waals surface area contributed by atoms with E-state index in [-0.39, 0.29) is 11.2 Å². The molecule has 21 heavy (non-hydrogen) atoms. The number of para-hydroxylation sites is 1. The summed E-state index contributed by atoms with van der Waals surface area (Å²) in [5.74, 6) is 1.74. The number of carbonyl (C=O) groups is 1. The van der Waals surface area contributed by atoms with Crippen LogP contribution in [-0.4, -0.2) is 22.6 Å². The fraction of sp³-hybridized carbons (Fsp3) is 0.235. The standard InChI is InChI=1S/C17H17NO2S/c19-17-16(21)10-11-18(17)12-13-6-8-15(9-7-13)20-14-4-2-1-3-5-14/h1-9,16,21H,10-12H2. The largest absolute Gasteiger partial charge is 0.457 e. The van der Waals surface area contributed by atoms with Gasteiger partial charge in [-0.25, -0.2) is 0 Å². The van der Waals surface area contributed by atoms with Crippen LogP contribution in [0, 0.1) is 0 Å². The number of hydrogen-bond acceptors (Lipinski definition) is 3. The molecule has 1 aliphatic rings. The molecule has 0 N–H and O–H groups in total. The number of benzene rings is 2.